The van der Waals surface area contributed by atoms with Gasteiger partial charge in [-0.05, 0) is 13.3 Å². The predicted molar refractivity (Wildman–Crippen MR) is 68.0 cm³/mol. The number of urea groups is 1. The average Bonchev–Trinajstić information content (AvgIpc) is 2.72. The number of hydrogen-bond acceptors (Lipinski definition) is 4. The van der Waals surface area contributed by atoms with Crippen LogP contribution in [0, 0.1) is 5.41 Å². The number of rotatable bonds is 6. The average molecular weight is 274 g/mol. The molecule has 2 unspecified atom stereocenters. The van der Waals surface area contributed by atoms with E-state index in [9.17, 15) is 14.7 Å². The number of carboxylic acids is 1. The summed E-state index contributed by atoms with van der Waals surface area (Å²) in [5.41, 5.74) is -1.07. The van der Waals surface area contributed by atoms with Crippen molar-refractivity contribution in [2.24, 2.45) is 5.41 Å². The van der Waals surface area contributed by atoms with Crippen molar-refractivity contribution in [3.63, 3.8) is 0 Å². The smallest absolute Gasteiger partial charge is 0.317 e. The van der Waals surface area contributed by atoms with Crippen molar-refractivity contribution in [1.29, 1.82) is 0 Å². The van der Waals surface area contributed by atoms with E-state index in [0.29, 0.717) is 13.2 Å². The van der Waals surface area contributed by atoms with E-state index in [2.05, 4.69) is 5.32 Å². The second-order valence-corrected chi connectivity index (χ2v) is 5.01. The molecule has 1 heterocycles. The zero-order valence-electron chi connectivity index (χ0n) is 11.6. The molecule has 110 valence electrons. The number of methoxy groups -OCH3 is 1. The number of amides is 2. The number of hydrogen-bond donors (Lipinski definition) is 2. The van der Waals surface area contributed by atoms with Crippen molar-refractivity contribution in [1.82, 2.24) is 10.2 Å². The lowest BCUT2D eigenvalue weighted by Gasteiger charge is -2.27. The Balaban J connectivity index is 2.49. The Morgan fingerprint density at radius 3 is 2.84 bits per heavy atom. The van der Waals surface area contributed by atoms with E-state index in [-0.39, 0.29) is 19.2 Å². The topological polar surface area (TPSA) is 88.1 Å². The van der Waals surface area contributed by atoms with E-state index in [1.165, 1.54) is 4.90 Å². The highest BCUT2D eigenvalue weighted by Crippen LogP contribution is 2.28. The minimum Gasteiger partial charge on any atom is -0.481 e. The normalized spacial score (nSPS) is 26.2. The Bertz CT molecular complexity index is 336. The molecule has 1 aliphatic heterocycles. The molecular formula is C12H22N2O5. The summed E-state index contributed by atoms with van der Waals surface area (Å²) in [6.45, 7) is 3.05. The van der Waals surface area contributed by atoms with Crippen LogP contribution in [0.4, 0.5) is 4.79 Å². The third-order valence-electron chi connectivity index (χ3n) is 3.43. The number of aliphatic carboxylic acids is 1. The van der Waals surface area contributed by atoms with Crippen molar-refractivity contribution < 1.29 is 24.2 Å². The summed E-state index contributed by atoms with van der Waals surface area (Å²) in [6, 6.07) is -0.804. The Morgan fingerprint density at radius 2 is 2.26 bits per heavy atom. The molecule has 0 aliphatic carbocycles. The summed E-state index contributed by atoms with van der Waals surface area (Å²) >= 11 is 0. The van der Waals surface area contributed by atoms with Crippen LogP contribution in [0.2, 0.25) is 0 Å². The number of carbonyl (C=O) groups excluding carboxylic acids is 1. The van der Waals surface area contributed by atoms with Crippen LogP contribution in [0.1, 0.15) is 13.3 Å². The Hall–Kier alpha value is -1.34. The fourth-order valence-corrected chi connectivity index (χ4v) is 1.89. The molecule has 2 amide bonds. The first kappa shape index (κ1) is 15.7. The second-order valence-electron chi connectivity index (χ2n) is 5.01. The van der Waals surface area contributed by atoms with E-state index >= 15 is 0 Å². The van der Waals surface area contributed by atoms with Crippen LogP contribution in [-0.2, 0) is 14.3 Å². The van der Waals surface area contributed by atoms with Crippen molar-refractivity contribution in [2.75, 3.05) is 40.5 Å². The van der Waals surface area contributed by atoms with Gasteiger partial charge in [-0.3, -0.25) is 4.79 Å². The van der Waals surface area contributed by atoms with Gasteiger partial charge in [0.1, 0.15) is 5.41 Å². The molecule has 1 rings (SSSR count). The molecule has 0 aromatic rings. The summed E-state index contributed by atoms with van der Waals surface area (Å²) < 4.78 is 10.1. The van der Waals surface area contributed by atoms with Crippen LogP contribution in [0.25, 0.3) is 0 Å². The van der Waals surface area contributed by atoms with Gasteiger partial charge in [0.2, 0.25) is 0 Å². The largest absolute Gasteiger partial charge is 0.481 e. The van der Waals surface area contributed by atoms with E-state index < -0.39 is 17.4 Å². The van der Waals surface area contributed by atoms with Crippen molar-refractivity contribution in [2.45, 2.75) is 19.4 Å². The molecule has 19 heavy (non-hydrogen) atoms. The molecule has 2 N–H and O–H groups in total. The molecule has 0 spiro atoms. The number of nitrogens with one attached hydrogen (secondary N) is 1. The van der Waals surface area contributed by atoms with Gasteiger partial charge in [0.05, 0.1) is 19.3 Å². The van der Waals surface area contributed by atoms with E-state index in [1.54, 1.807) is 21.1 Å². The van der Waals surface area contributed by atoms with Gasteiger partial charge in [-0.1, -0.05) is 0 Å². The summed E-state index contributed by atoms with van der Waals surface area (Å²) in [5.74, 6) is -0.961. The third-order valence-corrected chi connectivity index (χ3v) is 3.43. The van der Waals surface area contributed by atoms with Gasteiger partial charge < -0.3 is 24.8 Å². The minimum absolute atomic E-state index is 0.112. The maximum absolute atomic E-state index is 11.9. The van der Waals surface area contributed by atoms with Crippen molar-refractivity contribution >= 4 is 12.0 Å². The third kappa shape index (κ3) is 3.81. The van der Waals surface area contributed by atoms with E-state index in [0.717, 1.165) is 6.42 Å². The summed E-state index contributed by atoms with van der Waals surface area (Å²) in [5, 5.41) is 11.9. The summed E-state index contributed by atoms with van der Waals surface area (Å²) in [4.78, 5) is 24.7. The first-order chi connectivity index (χ1) is 8.91. The van der Waals surface area contributed by atoms with Gasteiger partial charge in [0.25, 0.3) is 0 Å². The van der Waals surface area contributed by atoms with Crippen LogP contribution < -0.4 is 5.32 Å². The van der Waals surface area contributed by atoms with Crippen molar-refractivity contribution in [3.8, 4) is 0 Å². The molecule has 0 aromatic heterocycles. The molecule has 7 heteroatoms. The van der Waals surface area contributed by atoms with Gasteiger partial charge in [0.15, 0.2) is 0 Å². The van der Waals surface area contributed by atoms with Crippen LogP contribution in [-0.4, -0.2) is 68.6 Å². The Kier molecular flexibility index (Phi) is 5.56. The monoisotopic (exact) mass is 274 g/mol. The highest BCUT2D eigenvalue weighted by molar-refractivity contribution is 5.79. The molecular weight excluding hydrogens is 252 g/mol. The number of nitrogens with zero attached hydrogens (tertiary/aromatic N) is 1. The molecule has 7 nitrogen and oxygen atoms in total. The Morgan fingerprint density at radius 1 is 1.58 bits per heavy atom. The summed E-state index contributed by atoms with van der Waals surface area (Å²) in [6.07, 6.45) is 0.734. The molecule has 1 saturated heterocycles. The maximum atomic E-state index is 11.9. The molecule has 0 saturated carbocycles. The van der Waals surface area contributed by atoms with Crippen LogP contribution in [0.15, 0.2) is 0 Å². The summed E-state index contributed by atoms with van der Waals surface area (Å²) in [7, 11) is 3.27. The molecule has 0 aromatic carbocycles. The highest BCUT2D eigenvalue weighted by atomic mass is 16.5. The standard InChI is InChI=1S/C12H22N2O5/c1-12(10(15)16)8-19-7-9(12)13-11(17)14(2)5-4-6-18-3/h9H,4-8H2,1-3H3,(H,13,17)(H,15,16). The molecule has 1 aliphatic rings. The fourth-order valence-electron chi connectivity index (χ4n) is 1.89. The second kappa shape index (κ2) is 6.72. The molecule has 1 fully saturated rings. The molecule has 2 atom stereocenters. The predicted octanol–water partition coefficient (Wildman–Crippen LogP) is 0.154. The molecule has 0 radical (unpaired) electrons. The van der Waals surface area contributed by atoms with E-state index in [4.69, 9.17) is 9.47 Å². The number of ether oxygens (including phenoxy) is 2. The quantitative estimate of drug-likeness (QED) is 0.673. The highest BCUT2D eigenvalue weighted by Gasteiger charge is 2.47. The van der Waals surface area contributed by atoms with Crippen LogP contribution >= 0.6 is 0 Å². The van der Waals surface area contributed by atoms with Crippen molar-refractivity contribution in [3.05, 3.63) is 0 Å². The lowest BCUT2D eigenvalue weighted by atomic mass is 9.85. The number of carboxylic acid groups (broad SMARTS) is 1. The number of carbonyl (C=O) groups is 2. The fraction of sp³-hybridized carbons (Fsp3) is 0.833. The van der Waals surface area contributed by atoms with E-state index in [1.807, 2.05) is 0 Å². The van der Waals surface area contributed by atoms with Crippen LogP contribution in [0.3, 0.4) is 0 Å². The first-order valence-electron chi connectivity index (χ1n) is 6.23. The SMILES string of the molecule is COCCCN(C)C(=O)NC1COCC1(C)C(=O)O. The first-order valence-corrected chi connectivity index (χ1v) is 6.23. The van der Waals surface area contributed by atoms with Gasteiger partial charge in [-0.2, -0.15) is 0 Å². The Labute approximate surface area is 112 Å². The minimum atomic E-state index is -1.07. The van der Waals surface area contributed by atoms with Gasteiger partial charge >= 0.3 is 12.0 Å². The zero-order chi connectivity index (χ0) is 14.5. The van der Waals surface area contributed by atoms with Gasteiger partial charge in [-0.25, -0.2) is 4.79 Å². The molecule has 0 bridgehead atoms. The maximum Gasteiger partial charge on any atom is 0.317 e. The lowest BCUT2D eigenvalue weighted by Crippen LogP contribution is -2.52. The lowest BCUT2D eigenvalue weighted by molar-refractivity contribution is -0.148. The van der Waals surface area contributed by atoms with Gasteiger partial charge in [-0.15, -0.1) is 0 Å². The van der Waals surface area contributed by atoms with Gasteiger partial charge in [0, 0.05) is 27.3 Å². The van der Waals surface area contributed by atoms with Crippen LogP contribution in [0.5, 0.6) is 0 Å². The zero-order valence-corrected chi connectivity index (χ0v) is 11.6.